The Kier molecular flexibility index (Phi) is 15.3. The summed E-state index contributed by atoms with van der Waals surface area (Å²) in [6.45, 7) is 3.80. The van der Waals surface area contributed by atoms with Crippen molar-refractivity contribution in [3.8, 4) is 0 Å². The van der Waals surface area contributed by atoms with E-state index in [2.05, 4.69) is 6.92 Å². The third kappa shape index (κ3) is 11.7. The summed E-state index contributed by atoms with van der Waals surface area (Å²) in [5.41, 5.74) is 0. The number of carboxylic acid groups (broad SMARTS) is 1. The summed E-state index contributed by atoms with van der Waals surface area (Å²) in [4.78, 5) is 23.4. The molecule has 20 heavy (non-hydrogen) atoms. The largest absolute Gasteiger partial charge is 1.00 e. The first kappa shape index (κ1) is 22.2. The summed E-state index contributed by atoms with van der Waals surface area (Å²) in [6.07, 6.45) is 3.53. The number of carbonyl (C=O) groups is 2. The zero-order valence-corrected chi connectivity index (χ0v) is 15.0. The van der Waals surface area contributed by atoms with Crippen LogP contribution in [0.3, 0.4) is 0 Å². The molecular formula is C14H25FNNaO3. The standard InChI is InChI=1S/C14H26FNO3.Na/c1-3-5-6-7-8-12(15)10-13(17)16(9-4-2)11-14(18)19;/h12H,3-11H2,1-2H3,(H,18,19);/q;+1/p-1. The number of hydrogen-bond acceptors (Lipinski definition) is 3. The first-order chi connectivity index (χ1) is 9.01. The minimum atomic E-state index is -1.31. The number of hydrogen-bond donors (Lipinski definition) is 0. The van der Waals surface area contributed by atoms with Crippen molar-refractivity contribution >= 4 is 11.9 Å². The van der Waals surface area contributed by atoms with Crippen molar-refractivity contribution in [2.24, 2.45) is 0 Å². The van der Waals surface area contributed by atoms with Gasteiger partial charge < -0.3 is 14.8 Å². The monoisotopic (exact) mass is 297 g/mol. The Morgan fingerprint density at radius 1 is 1.15 bits per heavy atom. The molecule has 0 aliphatic heterocycles. The van der Waals surface area contributed by atoms with Gasteiger partial charge in [0.2, 0.25) is 5.91 Å². The van der Waals surface area contributed by atoms with E-state index in [9.17, 15) is 19.1 Å². The van der Waals surface area contributed by atoms with E-state index >= 15 is 0 Å². The van der Waals surface area contributed by atoms with Gasteiger partial charge in [-0.3, -0.25) is 4.79 Å². The Bertz CT molecular complexity index is 277. The number of carboxylic acids is 1. The van der Waals surface area contributed by atoms with E-state index in [4.69, 9.17) is 0 Å². The summed E-state index contributed by atoms with van der Waals surface area (Å²) in [5.74, 6) is -1.74. The Balaban J connectivity index is 0. The Morgan fingerprint density at radius 3 is 2.30 bits per heavy atom. The number of carbonyl (C=O) groups excluding carboxylic acids is 2. The molecule has 0 bridgehead atoms. The molecule has 0 aliphatic carbocycles. The van der Waals surface area contributed by atoms with Crippen LogP contribution < -0.4 is 34.7 Å². The second-order valence-corrected chi connectivity index (χ2v) is 4.84. The van der Waals surface area contributed by atoms with E-state index in [1.807, 2.05) is 6.92 Å². The molecule has 0 aromatic rings. The third-order valence-corrected chi connectivity index (χ3v) is 2.93. The first-order valence-corrected chi connectivity index (χ1v) is 7.12. The molecule has 0 aliphatic rings. The van der Waals surface area contributed by atoms with Crippen LogP contribution in [0.4, 0.5) is 4.39 Å². The fraction of sp³-hybridized carbons (Fsp3) is 0.857. The van der Waals surface area contributed by atoms with Crippen LogP contribution in [-0.2, 0) is 9.59 Å². The molecule has 0 heterocycles. The maximum atomic E-state index is 13.6. The van der Waals surface area contributed by atoms with Crippen LogP contribution in [0.1, 0.15) is 58.8 Å². The van der Waals surface area contributed by atoms with Crippen LogP contribution in [-0.4, -0.2) is 36.0 Å². The van der Waals surface area contributed by atoms with Crippen LogP contribution in [0.15, 0.2) is 0 Å². The van der Waals surface area contributed by atoms with Gasteiger partial charge in [0.1, 0.15) is 6.17 Å². The molecule has 0 fully saturated rings. The molecule has 4 nitrogen and oxygen atoms in total. The van der Waals surface area contributed by atoms with Gasteiger partial charge in [-0.2, -0.15) is 0 Å². The minimum Gasteiger partial charge on any atom is -0.548 e. The molecule has 0 N–H and O–H groups in total. The molecule has 1 amide bonds. The van der Waals surface area contributed by atoms with Gasteiger partial charge in [-0.25, -0.2) is 4.39 Å². The third-order valence-electron chi connectivity index (χ3n) is 2.93. The first-order valence-electron chi connectivity index (χ1n) is 7.12. The van der Waals surface area contributed by atoms with Gasteiger partial charge in [0.25, 0.3) is 0 Å². The minimum absolute atomic E-state index is 0. The van der Waals surface area contributed by atoms with E-state index in [0.717, 1.165) is 30.6 Å². The molecule has 0 saturated carbocycles. The molecule has 0 radical (unpaired) electrons. The van der Waals surface area contributed by atoms with Gasteiger partial charge in [-0.05, 0) is 12.8 Å². The van der Waals surface area contributed by atoms with Gasteiger partial charge in [0.05, 0.1) is 18.9 Å². The van der Waals surface area contributed by atoms with Gasteiger partial charge >= 0.3 is 29.6 Å². The Hall–Kier alpha value is -0.130. The summed E-state index contributed by atoms with van der Waals surface area (Å²) >= 11 is 0. The van der Waals surface area contributed by atoms with Crippen LogP contribution >= 0.6 is 0 Å². The predicted molar refractivity (Wildman–Crippen MR) is 70.2 cm³/mol. The molecule has 1 atom stereocenters. The fourth-order valence-corrected chi connectivity index (χ4v) is 1.93. The van der Waals surface area contributed by atoms with Gasteiger partial charge in [0, 0.05) is 6.54 Å². The van der Waals surface area contributed by atoms with Crippen molar-refractivity contribution in [2.45, 2.75) is 65.0 Å². The van der Waals surface area contributed by atoms with E-state index in [1.165, 1.54) is 0 Å². The van der Waals surface area contributed by atoms with Crippen LogP contribution in [0, 0.1) is 0 Å². The SMILES string of the molecule is CCCCCCC(F)CC(=O)N(CCC)CC(=O)[O-].[Na+]. The summed E-state index contributed by atoms with van der Waals surface area (Å²) < 4.78 is 13.6. The van der Waals surface area contributed by atoms with Crippen molar-refractivity contribution in [1.82, 2.24) is 4.90 Å². The smallest absolute Gasteiger partial charge is 0.548 e. The van der Waals surface area contributed by atoms with Crippen molar-refractivity contribution in [1.29, 1.82) is 0 Å². The summed E-state index contributed by atoms with van der Waals surface area (Å²) in [5, 5.41) is 10.5. The van der Waals surface area contributed by atoms with Crippen LogP contribution in [0.5, 0.6) is 0 Å². The number of halogens is 1. The van der Waals surface area contributed by atoms with Gasteiger partial charge in [-0.15, -0.1) is 0 Å². The zero-order valence-electron chi connectivity index (χ0n) is 13.0. The van der Waals surface area contributed by atoms with E-state index in [0.29, 0.717) is 19.4 Å². The molecular weight excluding hydrogens is 272 g/mol. The second kappa shape index (κ2) is 13.8. The Morgan fingerprint density at radius 2 is 1.80 bits per heavy atom. The van der Waals surface area contributed by atoms with Crippen LogP contribution in [0.2, 0.25) is 0 Å². The Labute approximate surface area is 143 Å². The molecule has 0 aromatic carbocycles. The average Bonchev–Trinajstić information content (AvgIpc) is 2.33. The van der Waals surface area contributed by atoms with Gasteiger partial charge in [0.15, 0.2) is 0 Å². The molecule has 6 heteroatoms. The summed E-state index contributed by atoms with van der Waals surface area (Å²) in [7, 11) is 0. The molecule has 0 spiro atoms. The average molecular weight is 297 g/mol. The van der Waals surface area contributed by atoms with Crippen molar-refractivity contribution in [3.63, 3.8) is 0 Å². The fourth-order valence-electron chi connectivity index (χ4n) is 1.93. The van der Waals surface area contributed by atoms with Crippen molar-refractivity contribution in [2.75, 3.05) is 13.1 Å². The van der Waals surface area contributed by atoms with E-state index < -0.39 is 24.6 Å². The van der Waals surface area contributed by atoms with Crippen molar-refractivity contribution in [3.05, 3.63) is 0 Å². The molecule has 0 rings (SSSR count). The normalized spacial score (nSPS) is 11.6. The maximum absolute atomic E-state index is 13.6. The molecule has 0 saturated heterocycles. The van der Waals surface area contributed by atoms with Crippen molar-refractivity contribution < 1.29 is 48.6 Å². The van der Waals surface area contributed by atoms with E-state index in [-0.39, 0.29) is 36.0 Å². The number of amides is 1. The number of alkyl halides is 1. The number of nitrogens with zero attached hydrogens (tertiary/aromatic N) is 1. The summed E-state index contributed by atoms with van der Waals surface area (Å²) in [6, 6.07) is 0. The molecule has 112 valence electrons. The quantitative estimate of drug-likeness (QED) is 0.351. The second-order valence-electron chi connectivity index (χ2n) is 4.84. The number of unbranched alkanes of at least 4 members (excludes halogenated alkanes) is 3. The molecule has 0 aromatic heterocycles. The predicted octanol–water partition coefficient (Wildman–Crippen LogP) is -1.32. The van der Waals surface area contributed by atoms with Crippen LogP contribution in [0.25, 0.3) is 0 Å². The van der Waals surface area contributed by atoms with Gasteiger partial charge in [-0.1, -0.05) is 39.5 Å². The van der Waals surface area contributed by atoms with E-state index in [1.54, 1.807) is 0 Å². The number of aliphatic carboxylic acids is 1. The topological polar surface area (TPSA) is 60.4 Å². The zero-order chi connectivity index (χ0) is 14.7. The molecule has 1 unspecified atom stereocenters. The number of rotatable bonds is 11. The maximum Gasteiger partial charge on any atom is 1.00 e.